The number of carbonyl (C=O) groups is 1. The van der Waals surface area contributed by atoms with Crippen LogP contribution in [0.1, 0.15) is 23.3 Å². The Morgan fingerprint density at radius 1 is 1.33 bits per heavy atom. The summed E-state index contributed by atoms with van der Waals surface area (Å²) in [5.41, 5.74) is 0.976. The summed E-state index contributed by atoms with van der Waals surface area (Å²) in [7, 11) is 0. The molecule has 1 amide bonds. The summed E-state index contributed by atoms with van der Waals surface area (Å²) in [6.45, 7) is 1.29. The number of nitro benzene ring substituents is 1. The van der Waals surface area contributed by atoms with E-state index in [-0.39, 0.29) is 24.1 Å². The van der Waals surface area contributed by atoms with Gasteiger partial charge in [-0.2, -0.15) is 5.10 Å². The molecule has 2 aromatic rings. The summed E-state index contributed by atoms with van der Waals surface area (Å²) in [5, 5.41) is 24.2. The minimum Gasteiger partial charge on any atom is -0.396 e. The molecule has 2 heterocycles. The summed E-state index contributed by atoms with van der Waals surface area (Å²) in [6.07, 6.45) is 3.46. The second kappa shape index (κ2) is 6.79. The maximum Gasteiger partial charge on any atom is 0.274 e. The summed E-state index contributed by atoms with van der Waals surface area (Å²) >= 11 is 0. The predicted molar refractivity (Wildman–Crippen MR) is 85.9 cm³/mol. The Hall–Kier alpha value is -2.74. The van der Waals surface area contributed by atoms with E-state index in [4.69, 9.17) is 0 Å². The van der Waals surface area contributed by atoms with Crippen LogP contribution in [0.5, 0.6) is 0 Å². The number of non-ortho nitro benzene ring substituents is 1. The average molecular weight is 330 g/mol. The molecule has 1 fully saturated rings. The van der Waals surface area contributed by atoms with Crippen molar-refractivity contribution in [2.24, 2.45) is 5.92 Å². The second-order valence-corrected chi connectivity index (χ2v) is 5.86. The van der Waals surface area contributed by atoms with Crippen LogP contribution in [0.15, 0.2) is 36.5 Å². The van der Waals surface area contributed by atoms with E-state index >= 15 is 0 Å². The first kappa shape index (κ1) is 16.1. The van der Waals surface area contributed by atoms with Crippen molar-refractivity contribution < 1.29 is 14.8 Å². The molecule has 24 heavy (non-hydrogen) atoms. The van der Waals surface area contributed by atoms with E-state index in [2.05, 4.69) is 5.10 Å². The monoisotopic (exact) mass is 330 g/mol. The van der Waals surface area contributed by atoms with Gasteiger partial charge in [0.15, 0.2) is 5.69 Å². The maximum absolute atomic E-state index is 12.5. The van der Waals surface area contributed by atoms with Gasteiger partial charge >= 0.3 is 0 Å². The number of amides is 1. The molecule has 126 valence electrons. The van der Waals surface area contributed by atoms with Gasteiger partial charge in [0, 0.05) is 38.0 Å². The van der Waals surface area contributed by atoms with Gasteiger partial charge in [-0.25, -0.2) is 4.68 Å². The maximum atomic E-state index is 12.5. The summed E-state index contributed by atoms with van der Waals surface area (Å²) in [5.74, 6) is -0.0340. The van der Waals surface area contributed by atoms with Crippen molar-refractivity contribution in [3.8, 4) is 5.69 Å². The highest BCUT2D eigenvalue weighted by atomic mass is 16.6. The van der Waals surface area contributed by atoms with E-state index in [9.17, 15) is 20.0 Å². The number of nitro groups is 1. The molecule has 1 atom stereocenters. The molecule has 0 saturated carbocycles. The fourth-order valence-corrected chi connectivity index (χ4v) is 2.87. The lowest BCUT2D eigenvalue weighted by atomic mass is 9.99. The molecule has 8 heteroatoms. The van der Waals surface area contributed by atoms with Crippen LogP contribution in [0.4, 0.5) is 5.69 Å². The Balaban J connectivity index is 1.75. The largest absolute Gasteiger partial charge is 0.396 e. The van der Waals surface area contributed by atoms with Crippen LogP contribution in [0.3, 0.4) is 0 Å². The van der Waals surface area contributed by atoms with Crippen molar-refractivity contribution in [2.75, 3.05) is 19.7 Å². The number of aliphatic hydroxyl groups is 1. The zero-order chi connectivity index (χ0) is 17.1. The van der Waals surface area contributed by atoms with E-state index in [1.54, 1.807) is 29.3 Å². The van der Waals surface area contributed by atoms with E-state index < -0.39 is 4.92 Å². The van der Waals surface area contributed by atoms with Gasteiger partial charge in [0.25, 0.3) is 11.6 Å². The highest BCUT2D eigenvalue weighted by Crippen LogP contribution is 2.19. The first-order valence-electron chi connectivity index (χ1n) is 7.79. The first-order valence-corrected chi connectivity index (χ1v) is 7.79. The number of benzene rings is 1. The zero-order valence-electron chi connectivity index (χ0n) is 13.0. The molecule has 3 rings (SSSR count). The highest BCUT2D eigenvalue weighted by Gasteiger charge is 2.25. The van der Waals surface area contributed by atoms with Crippen molar-refractivity contribution in [3.05, 3.63) is 52.3 Å². The van der Waals surface area contributed by atoms with Crippen molar-refractivity contribution >= 4 is 11.6 Å². The lowest BCUT2D eigenvalue weighted by molar-refractivity contribution is -0.384. The molecule has 1 aliphatic rings. The quantitative estimate of drug-likeness (QED) is 0.678. The summed E-state index contributed by atoms with van der Waals surface area (Å²) in [6, 6.07) is 7.60. The van der Waals surface area contributed by atoms with Gasteiger partial charge in [-0.3, -0.25) is 14.9 Å². The Bertz CT molecular complexity index is 741. The molecule has 0 radical (unpaired) electrons. The predicted octanol–water partition coefficient (Wildman–Crippen LogP) is 1.62. The van der Waals surface area contributed by atoms with Gasteiger partial charge in [0.2, 0.25) is 0 Å². The normalized spacial score (nSPS) is 17.7. The van der Waals surface area contributed by atoms with Gasteiger partial charge in [-0.1, -0.05) is 0 Å². The van der Waals surface area contributed by atoms with Crippen LogP contribution < -0.4 is 0 Å². The van der Waals surface area contributed by atoms with Crippen LogP contribution in [0.25, 0.3) is 5.69 Å². The number of hydrogen-bond acceptors (Lipinski definition) is 5. The lowest BCUT2D eigenvalue weighted by Crippen LogP contribution is -2.41. The standard InChI is InChI=1S/C16H18N4O4/c21-11-12-2-1-8-18(10-12)16(22)15-7-9-19(17-15)13-3-5-14(6-4-13)20(23)24/h3-7,9,12,21H,1-2,8,10-11H2. The molecule has 8 nitrogen and oxygen atoms in total. The van der Waals surface area contributed by atoms with Crippen molar-refractivity contribution in [1.29, 1.82) is 0 Å². The van der Waals surface area contributed by atoms with Crippen LogP contribution in [0, 0.1) is 16.0 Å². The van der Waals surface area contributed by atoms with Crippen LogP contribution in [0.2, 0.25) is 0 Å². The lowest BCUT2D eigenvalue weighted by Gasteiger charge is -2.31. The fraction of sp³-hybridized carbons (Fsp3) is 0.375. The summed E-state index contributed by atoms with van der Waals surface area (Å²) in [4.78, 5) is 24.5. The van der Waals surface area contributed by atoms with Crippen LogP contribution in [-0.2, 0) is 0 Å². The van der Waals surface area contributed by atoms with Crippen molar-refractivity contribution in [3.63, 3.8) is 0 Å². The van der Waals surface area contributed by atoms with Crippen LogP contribution in [-0.4, -0.2) is 50.3 Å². The van der Waals surface area contributed by atoms with Crippen molar-refractivity contribution in [1.82, 2.24) is 14.7 Å². The third-order valence-corrected chi connectivity index (χ3v) is 4.20. The molecule has 0 aliphatic carbocycles. The Morgan fingerprint density at radius 2 is 2.08 bits per heavy atom. The van der Waals surface area contributed by atoms with E-state index in [1.165, 1.54) is 16.8 Å². The van der Waals surface area contributed by atoms with Gasteiger partial charge in [-0.15, -0.1) is 0 Å². The molecule has 1 N–H and O–H groups in total. The minimum absolute atomic E-state index is 0.00516. The number of carbonyl (C=O) groups excluding carboxylic acids is 1. The molecular weight excluding hydrogens is 312 g/mol. The van der Waals surface area contributed by atoms with E-state index in [1.807, 2.05) is 0 Å². The molecule has 1 aliphatic heterocycles. The van der Waals surface area contributed by atoms with E-state index in [0.717, 1.165) is 12.8 Å². The number of aliphatic hydroxyl groups excluding tert-OH is 1. The summed E-state index contributed by atoms with van der Waals surface area (Å²) < 4.78 is 1.52. The zero-order valence-corrected chi connectivity index (χ0v) is 13.0. The van der Waals surface area contributed by atoms with Crippen molar-refractivity contribution in [2.45, 2.75) is 12.8 Å². The third-order valence-electron chi connectivity index (χ3n) is 4.20. The Labute approximate surface area is 138 Å². The number of rotatable bonds is 4. The molecule has 1 aromatic heterocycles. The third kappa shape index (κ3) is 3.28. The Kier molecular flexibility index (Phi) is 4.57. The molecule has 0 bridgehead atoms. The van der Waals surface area contributed by atoms with Gasteiger partial charge in [0.1, 0.15) is 0 Å². The fourth-order valence-electron chi connectivity index (χ4n) is 2.87. The molecule has 1 unspecified atom stereocenters. The number of likely N-dealkylation sites (tertiary alicyclic amines) is 1. The van der Waals surface area contributed by atoms with Gasteiger partial charge < -0.3 is 10.0 Å². The van der Waals surface area contributed by atoms with Crippen LogP contribution >= 0.6 is 0 Å². The minimum atomic E-state index is -0.463. The molecular formula is C16H18N4O4. The molecule has 0 spiro atoms. The number of hydrogen-bond donors (Lipinski definition) is 1. The first-order chi connectivity index (χ1) is 11.6. The molecule has 1 aromatic carbocycles. The smallest absolute Gasteiger partial charge is 0.274 e. The average Bonchev–Trinajstić information content (AvgIpc) is 3.11. The molecule has 1 saturated heterocycles. The number of aromatic nitrogens is 2. The van der Waals surface area contributed by atoms with Gasteiger partial charge in [0.05, 0.1) is 10.6 Å². The highest BCUT2D eigenvalue weighted by molar-refractivity contribution is 5.92. The SMILES string of the molecule is O=C(c1ccn(-c2ccc([N+](=O)[O-])cc2)n1)N1CCCC(CO)C1. The topological polar surface area (TPSA) is 102 Å². The number of piperidine rings is 1. The van der Waals surface area contributed by atoms with Gasteiger partial charge in [-0.05, 0) is 37.0 Å². The number of nitrogens with zero attached hydrogens (tertiary/aromatic N) is 4. The Morgan fingerprint density at radius 3 is 2.75 bits per heavy atom. The van der Waals surface area contributed by atoms with E-state index in [0.29, 0.717) is 24.5 Å². The second-order valence-electron chi connectivity index (χ2n) is 5.86.